The molecule has 4 rings (SSSR count). The minimum Gasteiger partial charge on any atom is -0.497 e. The smallest absolute Gasteiger partial charge is 0.257 e. The number of anilines is 1. The maximum absolute atomic E-state index is 13.4. The molecule has 34 heavy (non-hydrogen) atoms. The van der Waals surface area contributed by atoms with Gasteiger partial charge in [-0.1, -0.05) is 24.3 Å². The third kappa shape index (κ3) is 5.38. The molecule has 1 heterocycles. The minimum atomic E-state index is -1.19. The molecule has 178 valence electrons. The summed E-state index contributed by atoms with van der Waals surface area (Å²) in [7, 11) is 5.54. The number of ether oxygens (including phenoxy) is 2. The van der Waals surface area contributed by atoms with Crippen molar-refractivity contribution in [3.8, 4) is 17.2 Å². The van der Waals surface area contributed by atoms with Gasteiger partial charge in [0.15, 0.2) is 0 Å². The van der Waals surface area contributed by atoms with Gasteiger partial charge in [0, 0.05) is 18.0 Å². The Morgan fingerprint density at radius 1 is 1.00 bits per heavy atom. The zero-order valence-corrected chi connectivity index (χ0v) is 20.7. The summed E-state index contributed by atoms with van der Waals surface area (Å²) in [6.07, 6.45) is -1.19. The number of nitrogens with zero attached hydrogens (tertiary/aromatic N) is 2. The van der Waals surface area contributed by atoms with Gasteiger partial charge < -0.3 is 24.4 Å². The molecule has 6 nitrogen and oxygen atoms in total. The molecule has 0 fully saturated rings. The molecule has 0 radical (unpaired) electrons. The Balaban J connectivity index is 1.72. The van der Waals surface area contributed by atoms with Crippen LogP contribution in [0.4, 0.5) is 5.69 Å². The Hall–Kier alpha value is -3.00. The van der Waals surface area contributed by atoms with E-state index >= 15 is 0 Å². The van der Waals surface area contributed by atoms with Crippen molar-refractivity contribution < 1.29 is 19.4 Å². The molecule has 0 aliphatic carbocycles. The van der Waals surface area contributed by atoms with Gasteiger partial charge >= 0.3 is 0 Å². The highest BCUT2D eigenvalue weighted by molar-refractivity contribution is 7.99. The molecule has 0 aromatic heterocycles. The molecule has 0 saturated carbocycles. The van der Waals surface area contributed by atoms with Crippen molar-refractivity contribution in [1.29, 1.82) is 0 Å². The van der Waals surface area contributed by atoms with Crippen molar-refractivity contribution in [3.05, 3.63) is 77.9 Å². The second-order valence-corrected chi connectivity index (χ2v) is 9.78. The Kier molecular flexibility index (Phi) is 7.46. The number of hydrogen-bond donors (Lipinski definition) is 1. The molecular weight excluding hydrogens is 448 g/mol. The van der Waals surface area contributed by atoms with Gasteiger partial charge in [-0.2, -0.15) is 0 Å². The molecule has 1 amide bonds. The number of fused-ring (bicyclic) bond motifs is 1. The fraction of sp³-hybridized carbons (Fsp3) is 0.296. The van der Waals surface area contributed by atoms with Crippen LogP contribution in [0.2, 0.25) is 0 Å². The number of aryl methyl sites for hydroxylation is 1. The topological polar surface area (TPSA) is 62.2 Å². The fourth-order valence-corrected chi connectivity index (χ4v) is 5.17. The molecule has 3 aromatic rings. The van der Waals surface area contributed by atoms with Crippen LogP contribution in [-0.4, -0.2) is 56.3 Å². The molecule has 0 unspecified atom stereocenters. The zero-order chi connectivity index (χ0) is 24.2. The van der Waals surface area contributed by atoms with Gasteiger partial charge in [0.25, 0.3) is 5.91 Å². The lowest BCUT2D eigenvalue weighted by Crippen LogP contribution is -2.43. The molecular formula is C27H30N2O4S. The van der Waals surface area contributed by atoms with Crippen LogP contribution in [0.3, 0.4) is 0 Å². The van der Waals surface area contributed by atoms with Crippen molar-refractivity contribution in [3.63, 3.8) is 0 Å². The van der Waals surface area contributed by atoms with Crippen molar-refractivity contribution in [1.82, 2.24) is 4.90 Å². The van der Waals surface area contributed by atoms with Gasteiger partial charge in [-0.15, -0.1) is 11.8 Å². The molecule has 7 heteroatoms. The number of methoxy groups -OCH3 is 1. The molecule has 1 aliphatic heterocycles. The standard InChI is InChI=1S/C27H30N2O4S/c1-18-6-5-7-21(16-18)33-22-12-13-23-24(17-22)34-26(19-8-10-20(32-4)11-9-19)25(30)27(31)29(23)15-14-28(2)3/h5-13,16-17,25-26,30H,14-15H2,1-4H3/t25-,26+/m0/s1. The highest BCUT2D eigenvalue weighted by Crippen LogP contribution is 2.47. The van der Waals surface area contributed by atoms with Crippen LogP contribution in [0.15, 0.2) is 71.6 Å². The number of thioether (sulfide) groups is 1. The Bertz CT molecular complexity index is 1150. The van der Waals surface area contributed by atoms with Crippen molar-refractivity contribution in [2.75, 3.05) is 39.2 Å². The molecule has 1 aliphatic rings. The highest BCUT2D eigenvalue weighted by Gasteiger charge is 2.37. The van der Waals surface area contributed by atoms with Crippen LogP contribution in [-0.2, 0) is 4.79 Å². The lowest BCUT2D eigenvalue weighted by molar-refractivity contribution is -0.126. The van der Waals surface area contributed by atoms with Crippen molar-refractivity contribution in [2.45, 2.75) is 23.2 Å². The zero-order valence-electron chi connectivity index (χ0n) is 19.9. The summed E-state index contributed by atoms with van der Waals surface area (Å²) in [6.45, 7) is 3.18. The monoisotopic (exact) mass is 478 g/mol. The second kappa shape index (κ2) is 10.5. The summed E-state index contributed by atoms with van der Waals surface area (Å²) >= 11 is 1.48. The maximum Gasteiger partial charge on any atom is 0.257 e. The van der Waals surface area contributed by atoms with E-state index < -0.39 is 11.4 Å². The van der Waals surface area contributed by atoms with E-state index in [0.717, 1.165) is 33.2 Å². The predicted octanol–water partition coefficient (Wildman–Crippen LogP) is 4.90. The SMILES string of the molecule is COc1ccc([C@H]2Sc3cc(Oc4cccc(C)c4)ccc3N(CCN(C)C)C(=O)[C@H]2O)cc1. The number of rotatable bonds is 7. The van der Waals surface area contributed by atoms with E-state index in [9.17, 15) is 9.90 Å². The van der Waals surface area contributed by atoms with E-state index in [2.05, 4.69) is 0 Å². The Morgan fingerprint density at radius 2 is 1.71 bits per heavy atom. The van der Waals surface area contributed by atoms with Gasteiger partial charge in [-0.25, -0.2) is 0 Å². The van der Waals surface area contributed by atoms with E-state index in [-0.39, 0.29) is 5.91 Å². The molecule has 0 saturated heterocycles. The molecule has 0 bridgehead atoms. The summed E-state index contributed by atoms with van der Waals surface area (Å²) in [5.74, 6) is 1.86. The van der Waals surface area contributed by atoms with Crippen LogP contribution < -0.4 is 14.4 Å². The van der Waals surface area contributed by atoms with E-state index in [1.54, 1.807) is 12.0 Å². The van der Waals surface area contributed by atoms with Crippen LogP contribution in [0.1, 0.15) is 16.4 Å². The average Bonchev–Trinajstić information content (AvgIpc) is 2.92. The largest absolute Gasteiger partial charge is 0.497 e. The summed E-state index contributed by atoms with van der Waals surface area (Å²) in [5, 5.41) is 10.7. The highest BCUT2D eigenvalue weighted by atomic mass is 32.2. The van der Waals surface area contributed by atoms with E-state index in [4.69, 9.17) is 9.47 Å². The molecule has 3 aromatic carbocycles. The van der Waals surface area contributed by atoms with E-state index in [0.29, 0.717) is 18.8 Å². The third-order valence-electron chi connectivity index (χ3n) is 5.72. The summed E-state index contributed by atoms with van der Waals surface area (Å²) in [5.41, 5.74) is 2.75. The van der Waals surface area contributed by atoms with Crippen LogP contribution in [0.5, 0.6) is 17.2 Å². The predicted molar refractivity (Wildman–Crippen MR) is 136 cm³/mol. The number of amides is 1. The number of benzene rings is 3. The number of aliphatic hydroxyl groups excluding tert-OH is 1. The van der Waals surface area contributed by atoms with Gasteiger partial charge in [-0.05, 0) is 74.6 Å². The normalized spacial score (nSPS) is 17.9. The summed E-state index contributed by atoms with van der Waals surface area (Å²) in [6, 6.07) is 21.1. The van der Waals surface area contributed by atoms with Crippen molar-refractivity contribution >= 4 is 23.4 Å². The first-order chi connectivity index (χ1) is 16.4. The van der Waals surface area contributed by atoms with Crippen LogP contribution in [0.25, 0.3) is 0 Å². The van der Waals surface area contributed by atoms with E-state index in [1.807, 2.05) is 92.6 Å². The first kappa shape index (κ1) is 24.1. The van der Waals surface area contributed by atoms with Gasteiger partial charge in [0.05, 0.1) is 18.0 Å². The lowest BCUT2D eigenvalue weighted by atomic mass is 10.1. The Labute approximate surface area is 205 Å². The number of aliphatic hydroxyl groups is 1. The molecule has 1 N–H and O–H groups in total. The quantitative estimate of drug-likeness (QED) is 0.521. The van der Waals surface area contributed by atoms with Gasteiger partial charge in [-0.3, -0.25) is 4.79 Å². The van der Waals surface area contributed by atoms with Crippen LogP contribution in [0, 0.1) is 6.92 Å². The number of carbonyl (C=O) groups excluding carboxylic acids is 1. The van der Waals surface area contributed by atoms with Crippen LogP contribution >= 0.6 is 11.8 Å². The summed E-state index contributed by atoms with van der Waals surface area (Å²) < 4.78 is 11.4. The average molecular weight is 479 g/mol. The van der Waals surface area contributed by atoms with Crippen molar-refractivity contribution in [2.24, 2.45) is 0 Å². The summed E-state index contributed by atoms with van der Waals surface area (Å²) in [4.78, 5) is 18.0. The first-order valence-electron chi connectivity index (χ1n) is 11.2. The number of hydrogen-bond acceptors (Lipinski definition) is 6. The van der Waals surface area contributed by atoms with Gasteiger partial charge in [0.2, 0.25) is 0 Å². The maximum atomic E-state index is 13.4. The fourth-order valence-electron chi connectivity index (χ4n) is 3.87. The molecule has 2 atom stereocenters. The lowest BCUT2D eigenvalue weighted by Gasteiger charge is -2.26. The minimum absolute atomic E-state index is 0.304. The molecule has 0 spiro atoms. The van der Waals surface area contributed by atoms with Gasteiger partial charge in [0.1, 0.15) is 23.4 Å². The number of carbonyl (C=O) groups is 1. The second-order valence-electron chi connectivity index (χ2n) is 8.60. The Morgan fingerprint density at radius 3 is 2.38 bits per heavy atom. The third-order valence-corrected chi connectivity index (χ3v) is 7.09. The first-order valence-corrected chi connectivity index (χ1v) is 12.1. The number of likely N-dealkylation sites (N-methyl/N-ethyl adjacent to an activating group) is 1. The van der Waals surface area contributed by atoms with E-state index in [1.165, 1.54) is 11.8 Å².